The highest BCUT2D eigenvalue weighted by Crippen LogP contribution is 2.32. The Morgan fingerprint density at radius 1 is 1.45 bits per heavy atom. The Labute approximate surface area is 125 Å². The van der Waals surface area contributed by atoms with Crippen LogP contribution in [0, 0.1) is 0 Å². The first-order valence-corrected chi connectivity index (χ1v) is 7.63. The maximum Gasteiger partial charge on any atom is 0.257 e. The first-order valence-electron chi connectivity index (χ1n) is 7.25. The summed E-state index contributed by atoms with van der Waals surface area (Å²) in [6.45, 7) is 4.97. The number of ether oxygens (including phenoxy) is 1. The molecule has 0 unspecified atom stereocenters. The van der Waals surface area contributed by atoms with Crippen molar-refractivity contribution in [3.8, 4) is 5.75 Å². The number of carbonyl (C=O) groups is 1. The lowest BCUT2D eigenvalue weighted by Crippen LogP contribution is -2.42. The van der Waals surface area contributed by atoms with Gasteiger partial charge in [-0.3, -0.25) is 4.79 Å². The largest absolute Gasteiger partial charge is 0.494 e. The van der Waals surface area contributed by atoms with Crippen LogP contribution in [0.25, 0.3) is 0 Å². The third kappa shape index (κ3) is 2.93. The van der Waals surface area contributed by atoms with Crippen molar-refractivity contribution in [2.24, 2.45) is 0 Å². The fourth-order valence-electron chi connectivity index (χ4n) is 2.77. The topological polar surface area (TPSA) is 29.5 Å². The summed E-state index contributed by atoms with van der Waals surface area (Å²) < 4.78 is 5.34. The average Bonchev–Trinajstić information content (AvgIpc) is 2.46. The summed E-state index contributed by atoms with van der Waals surface area (Å²) in [7, 11) is 1.56. The predicted octanol–water partition coefficient (Wildman–Crippen LogP) is 3.93. The number of halogens is 1. The van der Waals surface area contributed by atoms with Gasteiger partial charge in [0.1, 0.15) is 5.75 Å². The van der Waals surface area contributed by atoms with Crippen molar-refractivity contribution >= 4 is 17.5 Å². The smallest absolute Gasteiger partial charge is 0.257 e. The van der Waals surface area contributed by atoms with Gasteiger partial charge >= 0.3 is 0 Å². The molecule has 1 aliphatic heterocycles. The Hall–Kier alpha value is -1.22. The van der Waals surface area contributed by atoms with E-state index in [9.17, 15) is 4.79 Å². The molecule has 1 atom stereocenters. The summed E-state index contributed by atoms with van der Waals surface area (Å²) in [5.74, 6) is 0.526. The van der Waals surface area contributed by atoms with Crippen LogP contribution in [0.5, 0.6) is 5.75 Å². The monoisotopic (exact) mass is 295 g/mol. The van der Waals surface area contributed by atoms with Crippen molar-refractivity contribution in [2.75, 3.05) is 13.7 Å². The molecule has 0 aromatic heterocycles. The molecule has 0 bridgehead atoms. The van der Waals surface area contributed by atoms with Gasteiger partial charge in [-0.05, 0) is 50.3 Å². The third-order valence-electron chi connectivity index (χ3n) is 4.01. The van der Waals surface area contributed by atoms with E-state index in [1.165, 1.54) is 6.42 Å². The molecule has 1 aliphatic rings. The molecule has 3 nitrogen and oxygen atoms in total. The zero-order valence-electron chi connectivity index (χ0n) is 12.4. The number of amides is 1. The van der Waals surface area contributed by atoms with Gasteiger partial charge in [0, 0.05) is 12.6 Å². The van der Waals surface area contributed by atoms with E-state index in [0.717, 1.165) is 31.4 Å². The lowest BCUT2D eigenvalue weighted by Gasteiger charge is -2.34. The second kappa shape index (κ2) is 6.49. The molecule has 20 heavy (non-hydrogen) atoms. The maximum absolute atomic E-state index is 12.8. The van der Waals surface area contributed by atoms with Gasteiger partial charge in [0.15, 0.2) is 0 Å². The van der Waals surface area contributed by atoms with Crippen molar-refractivity contribution in [2.45, 2.75) is 45.6 Å². The van der Waals surface area contributed by atoms with Crippen molar-refractivity contribution < 1.29 is 9.53 Å². The highest BCUT2D eigenvalue weighted by molar-refractivity contribution is 6.32. The molecule has 0 radical (unpaired) electrons. The Balaban J connectivity index is 2.39. The predicted molar refractivity (Wildman–Crippen MR) is 81.7 cm³/mol. The van der Waals surface area contributed by atoms with Crippen LogP contribution in [0.3, 0.4) is 0 Å². The standard InChI is InChI=1S/C16H22ClNO2/c1-4-12-9-13(15(20-3)14(17)10-12)16(19)18-8-6-5-7-11(18)2/h9-11H,4-8H2,1-3H3/t11-/m1/s1. The van der Waals surface area contributed by atoms with Crippen LogP contribution in [0.4, 0.5) is 0 Å². The van der Waals surface area contributed by atoms with E-state index in [0.29, 0.717) is 16.3 Å². The summed E-state index contributed by atoms with van der Waals surface area (Å²) in [6, 6.07) is 4.07. The normalized spacial score (nSPS) is 19.0. The highest BCUT2D eigenvalue weighted by Gasteiger charge is 2.27. The van der Waals surface area contributed by atoms with Gasteiger partial charge in [0.05, 0.1) is 17.7 Å². The average molecular weight is 296 g/mol. The maximum atomic E-state index is 12.8. The molecule has 0 saturated carbocycles. The summed E-state index contributed by atoms with van der Waals surface area (Å²) in [4.78, 5) is 14.7. The van der Waals surface area contributed by atoms with Gasteiger partial charge in [-0.15, -0.1) is 0 Å². The molecule has 1 aromatic rings. The van der Waals surface area contributed by atoms with E-state index in [4.69, 9.17) is 16.3 Å². The SMILES string of the molecule is CCc1cc(Cl)c(OC)c(C(=O)N2CCCC[C@H]2C)c1. The van der Waals surface area contributed by atoms with Crippen LogP contribution in [-0.2, 0) is 6.42 Å². The van der Waals surface area contributed by atoms with Crippen LogP contribution < -0.4 is 4.74 Å². The van der Waals surface area contributed by atoms with E-state index < -0.39 is 0 Å². The van der Waals surface area contributed by atoms with Gasteiger partial charge in [-0.25, -0.2) is 0 Å². The number of benzene rings is 1. The van der Waals surface area contributed by atoms with Crippen LogP contribution in [0.1, 0.15) is 49.0 Å². The number of likely N-dealkylation sites (tertiary alicyclic amines) is 1. The Kier molecular flexibility index (Phi) is 4.92. The molecule has 0 N–H and O–H groups in total. The van der Waals surface area contributed by atoms with Gasteiger partial charge in [0.2, 0.25) is 0 Å². The first kappa shape index (κ1) is 15.2. The molecule has 1 aromatic carbocycles. The van der Waals surface area contributed by atoms with Crippen LogP contribution >= 0.6 is 11.6 Å². The fraction of sp³-hybridized carbons (Fsp3) is 0.562. The Morgan fingerprint density at radius 2 is 2.20 bits per heavy atom. The number of nitrogens with zero attached hydrogens (tertiary/aromatic N) is 1. The van der Waals surface area contributed by atoms with E-state index in [1.807, 2.05) is 17.0 Å². The van der Waals surface area contributed by atoms with E-state index in [2.05, 4.69) is 13.8 Å². The van der Waals surface area contributed by atoms with Gasteiger partial charge in [-0.2, -0.15) is 0 Å². The van der Waals surface area contributed by atoms with Crippen molar-refractivity contribution in [3.63, 3.8) is 0 Å². The van der Waals surface area contributed by atoms with E-state index >= 15 is 0 Å². The zero-order valence-corrected chi connectivity index (χ0v) is 13.2. The number of hydrogen-bond donors (Lipinski definition) is 0. The Morgan fingerprint density at radius 3 is 2.80 bits per heavy atom. The minimum absolute atomic E-state index is 0.0336. The minimum atomic E-state index is 0.0336. The van der Waals surface area contributed by atoms with Crippen LogP contribution in [0.15, 0.2) is 12.1 Å². The summed E-state index contributed by atoms with van der Waals surface area (Å²) in [6.07, 6.45) is 4.17. The molecule has 1 saturated heterocycles. The molecule has 2 rings (SSSR count). The van der Waals surface area contributed by atoms with E-state index in [-0.39, 0.29) is 11.9 Å². The minimum Gasteiger partial charge on any atom is -0.494 e. The molecule has 0 spiro atoms. The van der Waals surface area contributed by atoms with E-state index in [1.54, 1.807) is 7.11 Å². The first-order chi connectivity index (χ1) is 9.58. The summed E-state index contributed by atoms with van der Waals surface area (Å²) in [5.41, 5.74) is 1.65. The number of carbonyl (C=O) groups excluding carboxylic acids is 1. The van der Waals surface area contributed by atoms with Gasteiger partial charge in [-0.1, -0.05) is 18.5 Å². The van der Waals surface area contributed by atoms with Crippen molar-refractivity contribution in [1.29, 1.82) is 0 Å². The second-order valence-electron chi connectivity index (χ2n) is 5.36. The van der Waals surface area contributed by atoms with Crippen LogP contribution in [-0.4, -0.2) is 30.5 Å². The van der Waals surface area contributed by atoms with Gasteiger partial charge in [0.25, 0.3) is 5.91 Å². The number of rotatable bonds is 3. The second-order valence-corrected chi connectivity index (χ2v) is 5.76. The number of hydrogen-bond acceptors (Lipinski definition) is 2. The summed E-state index contributed by atoms with van der Waals surface area (Å²) >= 11 is 6.24. The lowest BCUT2D eigenvalue weighted by atomic mass is 10.0. The molecule has 1 heterocycles. The van der Waals surface area contributed by atoms with Crippen molar-refractivity contribution in [3.05, 3.63) is 28.3 Å². The quantitative estimate of drug-likeness (QED) is 0.846. The number of piperidine rings is 1. The summed E-state index contributed by atoms with van der Waals surface area (Å²) in [5, 5.41) is 0.514. The molecule has 1 fully saturated rings. The van der Waals surface area contributed by atoms with Crippen LogP contribution in [0.2, 0.25) is 5.02 Å². The molecule has 110 valence electrons. The number of methoxy groups -OCH3 is 1. The number of aryl methyl sites for hydroxylation is 1. The van der Waals surface area contributed by atoms with Crippen molar-refractivity contribution in [1.82, 2.24) is 4.90 Å². The highest BCUT2D eigenvalue weighted by atomic mass is 35.5. The molecule has 0 aliphatic carbocycles. The molecule has 4 heteroatoms. The van der Waals surface area contributed by atoms with Gasteiger partial charge < -0.3 is 9.64 Å². The molecular formula is C16H22ClNO2. The lowest BCUT2D eigenvalue weighted by molar-refractivity contribution is 0.0632. The Bertz CT molecular complexity index is 501. The fourth-order valence-corrected chi connectivity index (χ4v) is 3.09. The molecule has 1 amide bonds. The zero-order chi connectivity index (χ0) is 14.7. The third-order valence-corrected chi connectivity index (χ3v) is 4.29. The molecular weight excluding hydrogens is 274 g/mol.